The zero-order valence-electron chi connectivity index (χ0n) is 10.7. The van der Waals surface area contributed by atoms with E-state index in [1.54, 1.807) is 6.92 Å². The van der Waals surface area contributed by atoms with Crippen LogP contribution in [0, 0.1) is 22.5 Å². The summed E-state index contributed by atoms with van der Waals surface area (Å²) in [5, 5.41) is 11.0. The van der Waals surface area contributed by atoms with Gasteiger partial charge in [-0.3, -0.25) is 10.1 Å². The van der Waals surface area contributed by atoms with Crippen LogP contribution in [0.3, 0.4) is 0 Å². The van der Waals surface area contributed by atoms with E-state index >= 15 is 0 Å². The van der Waals surface area contributed by atoms with Crippen molar-refractivity contribution < 1.29 is 13.3 Å². The molecule has 0 atom stereocenters. The summed E-state index contributed by atoms with van der Waals surface area (Å²) >= 11 is 3.12. The standard InChI is InChI=1S/C12H13BrN2O4S/c1-3-7-14(8-4-2)20(18,19)12-9-10(13)5-6-11(12)15(16)17/h1,5-6,9H,4,7-8H2,2H3. The van der Waals surface area contributed by atoms with Crippen LogP contribution in [0.25, 0.3) is 0 Å². The fraction of sp³-hybridized carbons (Fsp3) is 0.333. The molecule has 0 aromatic heterocycles. The second-order valence-corrected chi connectivity index (χ2v) is 6.73. The lowest BCUT2D eigenvalue weighted by Gasteiger charge is -2.19. The Balaban J connectivity index is 3.44. The maximum Gasteiger partial charge on any atom is 0.289 e. The Kier molecular flexibility index (Phi) is 5.68. The van der Waals surface area contributed by atoms with Crippen LogP contribution in [0.2, 0.25) is 0 Å². The van der Waals surface area contributed by atoms with Crippen molar-refractivity contribution in [1.82, 2.24) is 4.31 Å². The van der Waals surface area contributed by atoms with Crippen LogP contribution in [0.1, 0.15) is 13.3 Å². The van der Waals surface area contributed by atoms with Crippen molar-refractivity contribution in [2.24, 2.45) is 0 Å². The molecule has 0 amide bonds. The Hall–Kier alpha value is -1.43. The van der Waals surface area contributed by atoms with Gasteiger partial charge in [0.05, 0.1) is 11.5 Å². The van der Waals surface area contributed by atoms with E-state index in [0.717, 1.165) is 10.4 Å². The number of benzene rings is 1. The third-order valence-corrected chi connectivity index (χ3v) is 4.84. The molecule has 8 heteroatoms. The van der Waals surface area contributed by atoms with E-state index in [-0.39, 0.29) is 18.0 Å². The number of halogens is 1. The maximum absolute atomic E-state index is 12.5. The van der Waals surface area contributed by atoms with Crippen LogP contribution in [-0.2, 0) is 10.0 Å². The summed E-state index contributed by atoms with van der Waals surface area (Å²) < 4.78 is 26.5. The highest BCUT2D eigenvalue weighted by Gasteiger charge is 2.31. The van der Waals surface area contributed by atoms with Gasteiger partial charge in [0, 0.05) is 17.1 Å². The number of rotatable bonds is 6. The molecule has 1 aromatic rings. The monoisotopic (exact) mass is 360 g/mol. The van der Waals surface area contributed by atoms with Crippen LogP contribution < -0.4 is 0 Å². The van der Waals surface area contributed by atoms with Crippen molar-refractivity contribution in [2.45, 2.75) is 18.2 Å². The van der Waals surface area contributed by atoms with E-state index in [2.05, 4.69) is 21.9 Å². The average Bonchev–Trinajstić information content (AvgIpc) is 2.38. The Labute approximate surface area is 126 Å². The van der Waals surface area contributed by atoms with Gasteiger partial charge in [-0.1, -0.05) is 28.8 Å². The molecule has 0 saturated carbocycles. The first-order valence-corrected chi connectivity index (χ1v) is 7.95. The molecule has 0 N–H and O–H groups in total. The second-order valence-electron chi connectivity index (χ2n) is 3.91. The summed E-state index contributed by atoms with van der Waals surface area (Å²) in [7, 11) is -4.00. The molecule has 0 aliphatic heterocycles. The van der Waals surface area contributed by atoms with Gasteiger partial charge in [0.25, 0.3) is 15.7 Å². The Morgan fingerprint density at radius 2 is 2.15 bits per heavy atom. The molecule has 0 saturated heterocycles. The Morgan fingerprint density at radius 3 is 2.65 bits per heavy atom. The van der Waals surface area contributed by atoms with Gasteiger partial charge in [-0.25, -0.2) is 8.42 Å². The largest absolute Gasteiger partial charge is 0.289 e. The fourth-order valence-corrected chi connectivity index (χ4v) is 3.76. The quantitative estimate of drug-likeness (QED) is 0.443. The maximum atomic E-state index is 12.5. The van der Waals surface area contributed by atoms with Crippen LogP contribution in [0.15, 0.2) is 27.6 Å². The topological polar surface area (TPSA) is 80.5 Å². The summed E-state index contributed by atoms with van der Waals surface area (Å²) in [6.07, 6.45) is 5.72. The lowest BCUT2D eigenvalue weighted by atomic mass is 10.3. The summed E-state index contributed by atoms with van der Waals surface area (Å²) in [6.45, 7) is 1.88. The summed E-state index contributed by atoms with van der Waals surface area (Å²) in [6, 6.07) is 3.78. The first-order valence-electron chi connectivity index (χ1n) is 5.72. The Morgan fingerprint density at radius 1 is 1.50 bits per heavy atom. The van der Waals surface area contributed by atoms with E-state index in [0.29, 0.717) is 10.9 Å². The van der Waals surface area contributed by atoms with E-state index < -0.39 is 20.6 Å². The number of nitrogens with zero attached hydrogens (tertiary/aromatic N) is 2. The van der Waals surface area contributed by atoms with Gasteiger partial charge < -0.3 is 0 Å². The summed E-state index contributed by atoms with van der Waals surface area (Å²) in [5.41, 5.74) is -0.466. The van der Waals surface area contributed by atoms with Gasteiger partial charge in [-0.05, 0) is 18.6 Å². The second kappa shape index (κ2) is 6.83. The molecule has 1 aromatic carbocycles. The molecule has 0 aliphatic rings. The highest BCUT2D eigenvalue weighted by molar-refractivity contribution is 9.10. The van der Waals surface area contributed by atoms with Gasteiger partial charge in [0.2, 0.25) is 0 Å². The van der Waals surface area contributed by atoms with E-state index in [9.17, 15) is 18.5 Å². The number of hydrogen-bond donors (Lipinski definition) is 0. The van der Waals surface area contributed by atoms with Gasteiger partial charge in [0.15, 0.2) is 4.90 Å². The zero-order valence-corrected chi connectivity index (χ0v) is 13.1. The minimum Gasteiger partial charge on any atom is -0.258 e. The number of hydrogen-bond acceptors (Lipinski definition) is 4. The van der Waals surface area contributed by atoms with Crippen molar-refractivity contribution in [2.75, 3.05) is 13.1 Å². The molecule has 20 heavy (non-hydrogen) atoms. The van der Waals surface area contributed by atoms with E-state index in [1.165, 1.54) is 12.1 Å². The third kappa shape index (κ3) is 3.56. The molecule has 0 unspecified atom stereocenters. The first-order chi connectivity index (χ1) is 9.34. The van der Waals surface area contributed by atoms with Crippen LogP contribution >= 0.6 is 15.9 Å². The highest BCUT2D eigenvalue weighted by atomic mass is 79.9. The summed E-state index contributed by atoms with van der Waals surface area (Å²) in [5.74, 6) is 2.26. The first kappa shape index (κ1) is 16.6. The van der Waals surface area contributed by atoms with E-state index in [1.807, 2.05) is 0 Å². The molecule has 108 valence electrons. The molecule has 0 bridgehead atoms. The molecule has 1 rings (SSSR count). The smallest absolute Gasteiger partial charge is 0.258 e. The number of sulfonamides is 1. The number of nitro benzene ring substituents is 1. The highest BCUT2D eigenvalue weighted by Crippen LogP contribution is 2.29. The minimum absolute atomic E-state index is 0.125. The van der Waals surface area contributed by atoms with Crippen LogP contribution in [-0.4, -0.2) is 30.7 Å². The van der Waals surface area contributed by atoms with Gasteiger partial charge in [-0.15, -0.1) is 6.42 Å². The predicted octanol–water partition coefficient (Wildman–Crippen LogP) is 2.39. The normalized spacial score (nSPS) is 11.3. The van der Waals surface area contributed by atoms with Crippen LogP contribution in [0.4, 0.5) is 5.69 Å². The predicted molar refractivity (Wildman–Crippen MR) is 78.7 cm³/mol. The lowest BCUT2D eigenvalue weighted by Crippen LogP contribution is -2.32. The Bertz CT molecular complexity index is 652. The van der Waals surface area contributed by atoms with E-state index in [4.69, 9.17) is 6.42 Å². The molecular formula is C12H13BrN2O4S. The number of nitro groups is 1. The van der Waals surface area contributed by atoms with Crippen molar-refractivity contribution >= 4 is 31.6 Å². The summed E-state index contributed by atoms with van der Waals surface area (Å²) in [4.78, 5) is 9.90. The fourth-order valence-electron chi connectivity index (χ4n) is 1.62. The number of terminal acetylenes is 1. The molecule has 0 spiro atoms. The molecule has 0 heterocycles. The molecule has 6 nitrogen and oxygen atoms in total. The van der Waals surface area contributed by atoms with Gasteiger partial charge in [0.1, 0.15) is 0 Å². The third-order valence-electron chi connectivity index (χ3n) is 2.48. The SMILES string of the molecule is C#CCN(CCC)S(=O)(=O)c1cc(Br)ccc1[N+](=O)[O-]. The zero-order chi connectivity index (χ0) is 15.3. The van der Waals surface area contributed by atoms with Crippen molar-refractivity contribution in [3.05, 3.63) is 32.8 Å². The average molecular weight is 361 g/mol. The van der Waals surface area contributed by atoms with Crippen molar-refractivity contribution in [3.8, 4) is 12.3 Å². The molecule has 0 radical (unpaired) electrons. The van der Waals surface area contributed by atoms with Crippen LogP contribution in [0.5, 0.6) is 0 Å². The molecule has 0 aliphatic carbocycles. The molecular weight excluding hydrogens is 348 g/mol. The van der Waals surface area contributed by atoms with Crippen molar-refractivity contribution in [1.29, 1.82) is 0 Å². The van der Waals surface area contributed by atoms with Crippen molar-refractivity contribution in [3.63, 3.8) is 0 Å². The van der Waals surface area contributed by atoms with Gasteiger partial charge >= 0.3 is 0 Å². The minimum atomic E-state index is -4.00. The lowest BCUT2D eigenvalue weighted by molar-refractivity contribution is -0.387. The molecule has 0 fully saturated rings. The van der Waals surface area contributed by atoms with Gasteiger partial charge in [-0.2, -0.15) is 4.31 Å².